The van der Waals surface area contributed by atoms with Crippen molar-refractivity contribution in [3.63, 3.8) is 0 Å². The van der Waals surface area contributed by atoms with Gasteiger partial charge in [0.25, 0.3) is 5.56 Å². The molecule has 5 heteroatoms. The fourth-order valence-corrected chi connectivity index (χ4v) is 3.06. The van der Waals surface area contributed by atoms with Gasteiger partial charge < -0.3 is 5.32 Å². The van der Waals surface area contributed by atoms with E-state index in [-0.39, 0.29) is 10.6 Å². The Labute approximate surface area is 119 Å². The lowest BCUT2D eigenvalue weighted by Crippen LogP contribution is -2.28. The normalized spacial score (nSPS) is 23.3. The predicted octanol–water partition coefficient (Wildman–Crippen LogP) is 3.20. The molecule has 1 saturated carbocycles. The van der Waals surface area contributed by atoms with Crippen LogP contribution in [0.25, 0.3) is 0 Å². The van der Waals surface area contributed by atoms with Gasteiger partial charge in [0.15, 0.2) is 0 Å². The van der Waals surface area contributed by atoms with E-state index in [1.54, 1.807) is 13.2 Å². The third-order valence-corrected chi connectivity index (χ3v) is 4.35. The van der Waals surface area contributed by atoms with Gasteiger partial charge in [0, 0.05) is 13.1 Å². The summed E-state index contributed by atoms with van der Waals surface area (Å²) in [6, 6.07) is 0.416. The molecule has 1 aromatic rings. The summed E-state index contributed by atoms with van der Waals surface area (Å²) in [5, 5.41) is 7.62. The monoisotopic (exact) mass is 283 g/mol. The molecule has 0 unspecified atom stereocenters. The number of nitrogens with one attached hydrogen (secondary N) is 1. The van der Waals surface area contributed by atoms with E-state index in [4.69, 9.17) is 11.6 Å². The second kappa shape index (κ2) is 6.42. The standard InChI is InChI=1S/C14H22ClN3O/c1-3-4-10-5-7-11(8-6-10)17-12-9-16-18(2)14(19)13(12)15/h9-11,17H,3-8H2,1-2H3. The van der Waals surface area contributed by atoms with Gasteiger partial charge in [-0.25, -0.2) is 4.68 Å². The SMILES string of the molecule is CCCC1CCC(Nc2cnn(C)c(=O)c2Cl)CC1. The van der Waals surface area contributed by atoms with Crippen LogP contribution < -0.4 is 10.9 Å². The van der Waals surface area contributed by atoms with Gasteiger partial charge in [-0.1, -0.05) is 31.4 Å². The highest BCUT2D eigenvalue weighted by Crippen LogP contribution is 2.30. The first kappa shape index (κ1) is 14.4. The third kappa shape index (κ3) is 3.50. The summed E-state index contributed by atoms with van der Waals surface area (Å²) in [5.74, 6) is 0.875. The van der Waals surface area contributed by atoms with E-state index >= 15 is 0 Å². The summed E-state index contributed by atoms with van der Waals surface area (Å²) >= 11 is 6.06. The molecule has 1 aromatic heterocycles. The number of hydrogen-bond donors (Lipinski definition) is 1. The molecule has 0 radical (unpaired) electrons. The highest BCUT2D eigenvalue weighted by atomic mass is 35.5. The molecule has 1 aliphatic rings. The van der Waals surface area contributed by atoms with Crippen LogP contribution in [0, 0.1) is 5.92 Å². The van der Waals surface area contributed by atoms with Gasteiger partial charge in [-0.05, 0) is 31.6 Å². The summed E-state index contributed by atoms with van der Waals surface area (Å²) in [6.07, 6.45) is 9.07. The van der Waals surface area contributed by atoms with Gasteiger partial charge in [-0.3, -0.25) is 4.79 Å². The lowest BCUT2D eigenvalue weighted by Gasteiger charge is -2.29. The smallest absolute Gasteiger partial charge is 0.287 e. The van der Waals surface area contributed by atoms with Crippen molar-refractivity contribution in [1.29, 1.82) is 0 Å². The zero-order chi connectivity index (χ0) is 13.8. The maximum Gasteiger partial charge on any atom is 0.287 e. The Morgan fingerprint density at radius 1 is 1.42 bits per heavy atom. The minimum atomic E-state index is -0.244. The number of aromatic nitrogens is 2. The van der Waals surface area contributed by atoms with E-state index in [0.717, 1.165) is 18.8 Å². The molecule has 0 amide bonds. The minimum Gasteiger partial charge on any atom is -0.380 e. The zero-order valence-corrected chi connectivity index (χ0v) is 12.4. The zero-order valence-electron chi connectivity index (χ0n) is 11.7. The van der Waals surface area contributed by atoms with Crippen LogP contribution in [0.5, 0.6) is 0 Å². The minimum absolute atomic E-state index is 0.244. The Balaban J connectivity index is 1.96. The largest absolute Gasteiger partial charge is 0.380 e. The van der Waals surface area contributed by atoms with Crippen molar-refractivity contribution in [2.75, 3.05) is 5.32 Å². The summed E-state index contributed by atoms with van der Waals surface area (Å²) in [4.78, 5) is 11.7. The topological polar surface area (TPSA) is 46.9 Å². The van der Waals surface area contributed by atoms with Gasteiger partial charge in [-0.15, -0.1) is 0 Å². The molecule has 0 aromatic carbocycles. The first-order valence-electron chi connectivity index (χ1n) is 7.10. The van der Waals surface area contributed by atoms with Crippen molar-refractivity contribution < 1.29 is 0 Å². The Hall–Kier alpha value is -1.03. The van der Waals surface area contributed by atoms with Gasteiger partial charge in [0.1, 0.15) is 5.02 Å². The highest BCUT2D eigenvalue weighted by Gasteiger charge is 2.21. The molecular weight excluding hydrogens is 262 g/mol. The molecule has 106 valence electrons. The molecule has 1 aliphatic carbocycles. The fourth-order valence-electron chi connectivity index (χ4n) is 2.83. The maximum atomic E-state index is 11.7. The maximum absolute atomic E-state index is 11.7. The second-order valence-electron chi connectivity index (χ2n) is 5.45. The first-order valence-corrected chi connectivity index (χ1v) is 7.48. The van der Waals surface area contributed by atoms with Gasteiger partial charge >= 0.3 is 0 Å². The molecule has 1 heterocycles. The van der Waals surface area contributed by atoms with Crippen LogP contribution in [0.4, 0.5) is 5.69 Å². The van der Waals surface area contributed by atoms with Crippen molar-refractivity contribution in [2.45, 2.75) is 51.5 Å². The Morgan fingerprint density at radius 3 is 2.74 bits per heavy atom. The van der Waals surface area contributed by atoms with Crippen LogP contribution in [-0.4, -0.2) is 15.8 Å². The molecule has 0 bridgehead atoms. The number of hydrogen-bond acceptors (Lipinski definition) is 3. The van der Waals surface area contributed by atoms with Gasteiger partial charge in [0.05, 0.1) is 11.9 Å². The molecule has 1 N–H and O–H groups in total. The van der Waals surface area contributed by atoms with Crippen LogP contribution in [0.15, 0.2) is 11.0 Å². The molecule has 0 aliphatic heterocycles. The number of aryl methyl sites for hydroxylation is 1. The lowest BCUT2D eigenvalue weighted by atomic mass is 9.83. The van der Waals surface area contributed by atoms with E-state index in [9.17, 15) is 4.79 Å². The Morgan fingerprint density at radius 2 is 2.11 bits per heavy atom. The van der Waals surface area contributed by atoms with Gasteiger partial charge in [0.2, 0.25) is 0 Å². The average molecular weight is 284 g/mol. The molecule has 1 fully saturated rings. The average Bonchev–Trinajstić information content (AvgIpc) is 2.42. The summed E-state index contributed by atoms with van der Waals surface area (Å²) < 4.78 is 1.26. The molecule has 2 rings (SSSR count). The number of nitrogens with zero attached hydrogens (tertiary/aromatic N) is 2. The Bertz CT molecular complexity index is 478. The fraction of sp³-hybridized carbons (Fsp3) is 0.714. The van der Waals surface area contributed by atoms with Crippen LogP contribution >= 0.6 is 11.6 Å². The summed E-state index contributed by atoms with van der Waals surface area (Å²) in [6.45, 7) is 2.25. The van der Waals surface area contributed by atoms with E-state index in [1.165, 1.54) is 30.4 Å². The van der Waals surface area contributed by atoms with Crippen molar-refractivity contribution in [2.24, 2.45) is 13.0 Å². The van der Waals surface area contributed by atoms with Crippen LogP contribution in [0.1, 0.15) is 45.4 Å². The molecular formula is C14H22ClN3O. The van der Waals surface area contributed by atoms with E-state index in [0.29, 0.717) is 11.7 Å². The summed E-state index contributed by atoms with van der Waals surface area (Å²) in [7, 11) is 1.61. The number of rotatable bonds is 4. The van der Waals surface area contributed by atoms with Crippen molar-refractivity contribution >= 4 is 17.3 Å². The van der Waals surface area contributed by atoms with Crippen molar-refractivity contribution in [1.82, 2.24) is 9.78 Å². The van der Waals surface area contributed by atoms with Crippen molar-refractivity contribution in [3.05, 3.63) is 21.6 Å². The van der Waals surface area contributed by atoms with E-state index in [2.05, 4.69) is 17.3 Å². The molecule has 0 spiro atoms. The van der Waals surface area contributed by atoms with E-state index < -0.39 is 0 Å². The predicted molar refractivity (Wildman–Crippen MR) is 78.8 cm³/mol. The molecule has 4 nitrogen and oxygen atoms in total. The van der Waals surface area contributed by atoms with Crippen molar-refractivity contribution in [3.8, 4) is 0 Å². The van der Waals surface area contributed by atoms with Crippen LogP contribution in [0.2, 0.25) is 5.02 Å². The summed E-state index contributed by atoms with van der Waals surface area (Å²) in [5.41, 5.74) is 0.426. The van der Waals surface area contributed by atoms with E-state index in [1.807, 2.05) is 0 Å². The quantitative estimate of drug-likeness (QED) is 0.923. The van der Waals surface area contributed by atoms with Crippen LogP contribution in [-0.2, 0) is 7.05 Å². The Kier molecular flexibility index (Phi) is 4.86. The highest BCUT2D eigenvalue weighted by molar-refractivity contribution is 6.32. The molecule has 19 heavy (non-hydrogen) atoms. The van der Waals surface area contributed by atoms with Gasteiger partial charge in [-0.2, -0.15) is 5.10 Å². The second-order valence-corrected chi connectivity index (χ2v) is 5.83. The molecule has 0 saturated heterocycles. The lowest BCUT2D eigenvalue weighted by molar-refractivity contribution is 0.319. The first-order chi connectivity index (χ1) is 9.11. The number of anilines is 1. The third-order valence-electron chi connectivity index (χ3n) is 3.98. The molecule has 0 atom stereocenters. The number of halogens is 1. The van der Waals surface area contributed by atoms with Crippen LogP contribution in [0.3, 0.4) is 0 Å².